The fourth-order valence-electron chi connectivity index (χ4n) is 2.26. The summed E-state index contributed by atoms with van der Waals surface area (Å²) in [7, 11) is 0. The molecule has 6 heteroatoms. The fraction of sp³-hybridized carbons (Fsp3) is 0.286. The van der Waals surface area contributed by atoms with Crippen LogP contribution in [0.5, 0.6) is 5.75 Å². The summed E-state index contributed by atoms with van der Waals surface area (Å²) < 4.78 is 10.4. The Morgan fingerprint density at radius 2 is 1.67 bits per heavy atom. The number of hydrogen-bond donors (Lipinski definition) is 1. The van der Waals surface area contributed by atoms with Crippen LogP contribution in [0.4, 0.5) is 5.69 Å². The number of ketones is 1. The molecule has 1 amide bonds. The van der Waals surface area contributed by atoms with E-state index in [9.17, 15) is 14.4 Å². The van der Waals surface area contributed by atoms with Crippen molar-refractivity contribution in [1.82, 2.24) is 0 Å². The van der Waals surface area contributed by atoms with Crippen LogP contribution in [-0.4, -0.2) is 30.9 Å². The average Bonchev–Trinajstić information content (AvgIpc) is 2.67. The number of hydrogen-bond acceptors (Lipinski definition) is 5. The number of rotatable bonds is 8. The van der Waals surface area contributed by atoms with Crippen LogP contribution >= 0.6 is 0 Å². The molecule has 0 aliphatic rings. The minimum Gasteiger partial charge on any atom is -0.482 e. The third kappa shape index (κ3) is 6.26. The second-order valence-electron chi connectivity index (χ2n) is 6.12. The lowest BCUT2D eigenvalue weighted by Gasteiger charge is -2.10. The second kappa shape index (κ2) is 9.52. The quantitative estimate of drug-likeness (QED) is 0.569. The van der Waals surface area contributed by atoms with Crippen molar-refractivity contribution in [3.05, 3.63) is 59.2 Å². The van der Waals surface area contributed by atoms with Gasteiger partial charge in [0.2, 0.25) is 5.91 Å². The Labute approximate surface area is 158 Å². The molecule has 0 spiro atoms. The summed E-state index contributed by atoms with van der Waals surface area (Å²) in [6.07, 6.45) is 0.376. The predicted octanol–water partition coefficient (Wildman–Crippen LogP) is 3.46. The Morgan fingerprint density at radius 3 is 2.33 bits per heavy atom. The first kappa shape index (κ1) is 20.2. The van der Waals surface area contributed by atoms with E-state index in [0.717, 1.165) is 11.1 Å². The fourth-order valence-corrected chi connectivity index (χ4v) is 2.26. The van der Waals surface area contributed by atoms with Crippen LogP contribution in [0.3, 0.4) is 0 Å². The summed E-state index contributed by atoms with van der Waals surface area (Å²) >= 11 is 0. The van der Waals surface area contributed by atoms with E-state index < -0.39 is 5.97 Å². The normalized spacial score (nSPS) is 10.2. The van der Waals surface area contributed by atoms with E-state index in [2.05, 4.69) is 5.32 Å². The first-order valence-corrected chi connectivity index (χ1v) is 8.68. The molecular weight excluding hydrogens is 346 g/mol. The Bertz CT molecular complexity index is 827. The van der Waals surface area contributed by atoms with Crippen LogP contribution in [0, 0.1) is 13.8 Å². The monoisotopic (exact) mass is 369 g/mol. The van der Waals surface area contributed by atoms with Crippen LogP contribution in [0.15, 0.2) is 42.5 Å². The summed E-state index contributed by atoms with van der Waals surface area (Å²) in [5.74, 6) is -0.436. The molecule has 0 heterocycles. The van der Waals surface area contributed by atoms with Crippen LogP contribution in [0.25, 0.3) is 0 Å². The number of anilines is 1. The maximum Gasteiger partial charge on any atom is 0.344 e. The molecule has 0 fully saturated rings. The molecule has 2 rings (SSSR count). The molecule has 0 bridgehead atoms. The van der Waals surface area contributed by atoms with E-state index in [1.165, 1.54) is 0 Å². The molecule has 0 aliphatic heterocycles. The Balaban J connectivity index is 1.81. The van der Waals surface area contributed by atoms with Gasteiger partial charge in [-0.1, -0.05) is 19.1 Å². The molecule has 142 valence electrons. The summed E-state index contributed by atoms with van der Waals surface area (Å²) in [5, 5.41) is 2.70. The highest BCUT2D eigenvalue weighted by Gasteiger charge is 2.12. The number of Topliss-reactive ketones (excluding diaryl/α,β-unsaturated/α-hetero) is 1. The van der Waals surface area contributed by atoms with Gasteiger partial charge >= 0.3 is 5.97 Å². The van der Waals surface area contributed by atoms with Gasteiger partial charge in [-0.05, 0) is 55.3 Å². The molecule has 0 aromatic heterocycles. The number of nitrogens with one attached hydrogen (secondary N) is 1. The van der Waals surface area contributed by atoms with E-state index in [1.807, 2.05) is 32.0 Å². The van der Waals surface area contributed by atoms with Gasteiger partial charge in [0.1, 0.15) is 5.75 Å². The van der Waals surface area contributed by atoms with Crippen molar-refractivity contribution in [3.63, 3.8) is 0 Å². The summed E-state index contributed by atoms with van der Waals surface area (Å²) in [6.45, 7) is 4.94. The van der Waals surface area contributed by atoms with E-state index in [4.69, 9.17) is 9.47 Å². The van der Waals surface area contributed by atoms with E-state index in [-0.39, 0.29) is 24.9 Å². The predicted molar refractivity (Wildman–Crippen MR) is 102 cm³/mol. The lowest BCUT2D eigenvalue weighted by atomic mass is 10.1. The second-order valence-corrected chi connectivity index (χ2v) is 6.12. The van der Waals surface area contributed by atoms with Crippen molar-refractivity contribution in [2.75, 3.05) is 18.5 Å². The zero-order valence-electron chi connectivity index (χ0n) is 15.7. The Kier molecular flexibility index (Phi) is 7.11. The van der Waals surface area contributed by atoms with Crippen LogP contribution in [0.2, 0.25) is 0 Å². The Hall–Kier alpha value is -3.15. The van der Waals surface area contributed by atoms with E-state index in [1.54, 1.807) is 31.2 Å². The highest BCUT2D eigenvalue weighted by atomic mass is 16.6. The molecular formula is C21H23NO5. The van der Waals surface area contributed by atoms with Crippen molar-refractivity contribution in [2.45, 2.75) is 27.2 Å². The first-order valence-electron chi connectivity index (χ1n) is 8.68. The molecule has 1 N–H and O–H groups in total. The van der Waals surface area contributed by atoms with Gasteiger partial charge in [0.15, 0.2) is 19.0 Å². The minimum absolute atomic E-state index is 0.105. The van der Waals surface area contributed by atoms with Crippen LogP contribution < -0.4 is 10.1 Å². The highest BCUT2D eigenvalue weighted by Crippen LogP contribution is 2.19. The third-order valence-electron chi connectivity index (χ3n) is 3.87. The molecule has 0 atom stereocenters. The number of carbonyl (C=O) groups is 3. The third-order valence-corrected chi connectivity index (χ3v) is 3.87. The number of benzene rings is 2. The molecule has 6 nitrogen and oxygen atoms in total. The smallest absolute Gasteiger partial charge is 0.344 e. The number of ether oxygens (including phenoxy) is 2. The molecule has 0 unspecified atom stereocenters. The molecule has 27 heavy (non-hydrogen) atoms. The van der Waals surface area contributed by atoms with Gasteiger partial charge in [-0.15, -0.1) is 0 Å². The van der Waals surface area contributed by atoms with Crippen molar-refractivity contribution in [2.24, 2.45) is 0 Å². The standard InChI is InChI=1S/C21H23NO5/c1-4-20(24)22-17-9-7-16(8-10-17)18(23)12-27-21(25)13-26-19-11-14(2)5-6-15(19)3/h5-11H,4,12-13H2,1-3H3,(H,22,24). The average molecular weight is 369 g/mol. The van der Waals surface area contributed by atoms with Crippen molar-refractivity contribution < 1.29 is 23.9 Å². The number of aryl methyl sites for hydroxylation is 2. The molecule has 0 radical (unpaired) electrons. The molecule has 0 saturated heterocycles. The van der Waals surface area contributed by atoms with Crippen LogP contribution in [-0.2, 0) is 14.3 Å². The minimum atomic E-state index is -0.615. The number of carbonyl (C=O) groups excluding carboxylic acids is 3. The maximum atomic E-state index is 12.1. The molecule has 0 aliphatic carbocycles. The van der Waals surface area contributed by atoms with Gasteiger partial charge in [-0.2, -0.15) is 0 Å². The van der Waals surface area contributed by atoms with Gasteiger partial charge in [-0.3, -0.25) is 9.59 Å². The first-order chi connectivity index (χ1) is 12.9. The highest BCUT2D eigenvalue weighted by molar-refractivity contribution is 5.98. The molecule has 2 aromatic carbocycles. The zero-order valence-corrected chi connectivity index (χ0v) is 15.7. The number of esters is 1. The molecule has 0 saturated carbocycles. The van der Waals surface area contributed by atoms with E-state index in [0.29, 0.717) is 23.4 Å². The van der Waals surface area contributed by atoms with Gasteiger partial charge in [0.05, 0.1) is 0 Å². The van der Waals surface area contributed by atoms with Crippen molar-refractivity contribution in [1.29, 1.82) is 0 Å². The largest absolute Gasteiger partial charge is 0.482 e. The lowest BCUT2D eigenvalue weighted by molar-refractivity contribution is -0.144. The topological polar surface area (TPSA) is 81.7 Å². The zero-order chi connectivity index (χ0) is 19.8. The van der Waals surface area contributed by atoms with Gasteiger partial charge in [-0.25, -0.2) is 4.79 Å². The SMILES string of the molecule is CCC(=O)Nc1ccc(C(=O)COC(=O)COc2cc(C)ccc2C)cc1. The van der Waals surface area contributed by atoms with E-state index >= 15 is 0 Å². The van der Waals surface area contributed by atoms with Gasteiger partial charge < -0.3 is 14.8 Å². The summed E-state index contributed by atoms with van der Waals surface area (Å²) in [4.78, 5) is 35.3. The maximum absolute atomic E-state index is 12.1. The van der Waals surface area contributed by atoms with Crippen LogP contribution in [0.1, 0.15) is 34.8 Å². The Morgan fingerprint density at radius 1 is 0.963 bits per heavy atom. The summed E-state index contributed by atoms with van der Waals surface area (Å²) in [5.41, 5.74) is 2.95. The van der Waals surface area contributed by atoms with Gasteiger partial charge in [0.25, 0.3) is 0 Å². The summed E-state index contributed by atoms with van der Waals surface area (Å²) in [6, 6.07) is 12.1. The van der Waals surface area contributed by atoms with Crippen molar-refractivity contribution >= 4 is 23.3 Å². The lowest BCUT2D eigenvalue weighted by Crippen LogP contribution is -2.19. The number of amides is 1. The van der Waals surface area contributed by atoms with Gasteiger partial charge in [0, 0.05) is 17.7 Å². The van der Waals surface area contributed by atoms with Crippen molar-refractivity contribution in [3.8, 4) is 5.75 Å². The molecule has 2 aromatic rings.